The molecule has 1 aromatic rings. The summed E-state index contributed by atoms with van der Waals surface area (Å²) in [5.74, 6) is 0.328. The monoisotopic (exact) mass is 260 g/mol. The van der Waals surface area contributed by atoms with Gasteiger partial charge in [-0.2, -0.15) is 0 Å². The van der Waals surface area contributed by atoms with Crippen LogP contribution in [0.1, 0.15) is 27.7 Å². The van der Waals surface area contributed by atoms with Crippen LogP contribution in [-0.2, 0) is 9.59 Å². The van der Waals surface area contributed by atoms with Gasteiger partial charge in [0.2, 0.25) is 11.8 Å². The highest BCUT2D eigenvalue weighted by molar-refractivity contribution is 6.03. The summed E-state index contributed by atoms with van der Waals surface area (Å²) in [5, 5.41) is 0. The van der Waals surface area contributed by atoms with Gasteiger partial charge in [-0.3, -0.25) is 9.59 Å². The minimum Gasteiger partial charge on any atom is -0.309 e. The summed E-state index contributed by atoms with van der Waals surface area (Å²) in [7, 11) is 0. The van der Waals surface area contributed by atoms with E-state index < -0.39 is 0 Å². The molecular weight excluding hydrogens is 240 g/mol. The average molecular weight is 260 g/mol. The van der Waals surface area contributed by atoms with E-state index in [1.165, 1.54) is 0 Å². The number of carbonyl (C=O) groups excluding carboxylic acids is 2. The largest absolute Gasteiger partial charge is 0.309 e. The number of hydrogen-bond acceptors (Lipinski definition) is 2. The summed E-state index contributed by atoms with van der Waals surface area (Å²) in [6.07, 6.45) is 0. The maximum Gasteiger partial charge on any atom is 0.224 e. The van der Waals surface area contributed by atoms with E-state index in [2.05, 4.69) is 13.8 Å². The SMILES string of the molecule is CC(=O)N1C[C@H](C(C)C)N(C(C)=O)c2ccccc21. The average Bonchev–Trinajstić information content (AvgIpc) is 2.35. The maximum absolute atomic E-state index is 12.0. The summed E-state index contributed by atoms with van der Waals surface area (Å²) in [6, 6.07) is 7.61. The fourth-order valence-corrected chi connectivity index (χ4v) is 2.65. The highest BCUT2D eigenvalue weighted by Gasteiger charge is 2.35. The fraction of sp³-hybridized carbons (Fsp3) is 0.467. The van der Waals surface area contributed by atoms with Crippen molar-refractivity contribution in [2.45, 2.75) is 33.7 Å². The Kier molecular flexibility index (Phi) is 3.60. The van der Waals surface area contributed by atoms with Gasteiger partial charge in [-0.15, -0.1) is 0 Å². The van der Waals surface area contributed by atoms with Gasteiger partial charge in [0.05, 0.1) is 17.4 Å². The van der Waals surface area contributed by atoms with Gasteiger partial charge >= 0.3 is 0 Å². The van der Waals surface area contributed by atoms with E-state index in [0.29, 0.717) is 12.5 Å². The first kappa shape index (κ1) is 13.6. The van der Waals surface area contributed by atoms with Crippen molar-refractivity contribution in [1.29, 1.82) is 0 Å². The Morgan fingerprint density at radius 1 is 1.11 bits per heavy atom. The number of rotatable bonds is 1. The van der Waals surface area contributed by atoms with E-state index >= 15 is 0 Å². The molecule has 0 saturated heterocycles. The van der Waals surface area contributed by atoms with Crippen LogP contribution in [0.15, 0.2) is 24.3 Å². The Bertz CT molecular complexity index is 511. The molecule has 0 fully saturated rings. The van der Waals surface area contributed by atoms with E-state index in [1.807, 2.05) is 29.2 Å². The lowest BCUT2D eigenvalue weighted by Gasteiger charge is -2.43. The standard InChI is InChI=1S/C15H20N2O2/c1-10(2)15-9-16(11(3)18)13-7-5-6-8-14(13)17(15)12(4)19/h5-8,10,15H,9H2,1-4H3/t15-/m1/s1. The lowest BCUT2D eigenvalue weighted by Crippen LogP contribution is -2.54. The molecule has 1 aromatic carbocycles. The molecule has 102 valence electrons. The summed E-state index contributed by atoms with van der Waals surface area (Å²) in [4.78, 5) is 27.4. The topological polar surface area (TPSA) is 40.6 Å². The first-order valence-electron chi connectivity index (χ1n) is 6.60. The van der Waals surface area contributed by atoms with Crippen molar-refractivity contribution < 1.29 is 9.59 Å². The second-order valence-corrected chi connectivity index (χ2v) is 5.32. The molecule has 0 radical (unpaired) electrons. The van der Waals surface area contributed by atoms with Crippen LogP contribution >= 0.6 is 0 Å². The van der Waals surface area contributed by atoms with Crippen LogP contribution < -0.4 is 9.80 Å². The molecule has 1 aliphatic heterocycles. The van der Waals surface area contributed by atoms with Gasteiger partial charge in [-0.25, -0.2) is 0 Å². The number of para-hydroxylation sites is 2. The molecule has 2 amide bonds. The third-order valence-electron chi connectivity index (χ3n) is 3.62. The molecule has 0 aliphatic carbocycles. The molecule has 0 bridgehead atoms. The Morgan fingerprint density at radius 2 is 1.68 bits per heavy atom. The van der Waals surface area contributed by atoms with Crippen LogP contribution in [0, 0.1) is 5.92 Å². The quantitative estimate of drug-likeness (QED) is 0.778. The summed E-state index contributed by atoms with van der Waals surface area (Å²) in [5.41, 5.74) is 1.65. The zero-order valence-electron chi connectivity index (χ0n) is 11.9. The lowest BCUT2D eigenvalue weighted by atomic mass is 9.97. The predicted molar refractivity (Wildman–Crippen MR) is 76.3 cm³/mol. The lowest BCUT2D eigenvalue weighted by molar-refractivity contribution is -0.119. The van der Waals surface area contributed by atoms with E-state index in [4.69, 9.17) is 0 Å². The van der Waals surface area contributed by atoms with Crippen molar-refractivity contribution in [1.82, 2.24) is 0 Å². The van der Waals surface area contributed by atoms with E-state index in [9.17, 15) is 9.59 Å². The highest BCUT2D eigenvalue weighted by Crippen LogP contribution is 2.37. The molecule has 1 heterocycles. The Hall–Kier alpha value is -1.84. The first-order chi connectivity index (χ1) is 8.93. The first-order valence-corrected chi connectivity index (χ1v) is 6.60. The molecule has 0 aromatic heterocycles. The second kappa shape index (κ2) is 5.03. The van der Waals surface area contributed by atoms with Crippen molar-refractivity contribution >= 4 is 23.2 Å². The van der Waals surface area contributed by atoms with Crippen molar-refractivity contribution in [3.05, 3.63) is 24.3 Å². The molecular formula is C15H20N2O2. The number of carbonyl (C=O) groups is 2. The van der Waals surface area contributed by atoms with E-state index in [-0.39, 0.29) is 17.9 Å². The Labute approximate surface area is 114 Å². The molecule has 19 heavy (non-hydrogen) atoms. The molecule has 0 spiro atoms. The van der Waals surface area contributed by atoms with Gasteiger partial charge in [0, 0.05) is 20.4 Å². The van der Waals surface area contributed by atoms with Crippen LogP contribution in [0.4, 0.5) is 11.4 Å². The van der Waals surface area contributed by atoms with Gasteiger partial charge in [0.15, 0.2) is 0 Å². The third-order valence-corrected chi connectivity index (χ3v) is 3.62. The maximum atomic E-state index is 12.0. The summed E-state index contributed by atoms with van der Waals surface area (Å²) < 4.78 is 0. The van der Waals surface area contributed by atoms with Crippen LogP contribution in [0.5, 0.6) is 0 Å². The van der Waals surface area contributed by atoms with Gasteiger partial charge in [-0.1, -0.05) is 26.0 Å². The zero-order chi connectivity index (χ0) is 14.2. The number of hydrogen-bond donors (Lipinski definition) is 0. The van der Waals surface area contributed by atoms with Crippen LogP contribution in [0.25, 0.3) is 0 Å². The number of nitrogens with zero attached hydrogens (tertiary/aromatic N) is 2. The van der Waals surface area contributed by atoms with Crippen LogP contribution in [-0.4, -0.2) is 24.4 Å². The molecule has 0 N–H and O–H groups in total. The number of anilines is 2. The third kappa shape index (κ3) is 2.35. The minimum atomic E-state index is 0.0151. The van der Waals surface area contributed by atoms with Crippen molar-refractivity contribution in [2.24, 2.45) is 5.92 Å². The van der Waals surface area contributed by atoms with Gasteiger partial charge in [0.1, 0.15) is 0 Å². The van der Waals surface area contributed by atoms with Crippen LogP contribution in [0.2, 0.25) is 0 Å². The highest BCUT2D eigenvalue weighted by atomic mass is 16.2. The predicted octanol–water partition coefficient (Wildman–Crippen LogP) is 2.43. The molecule has 2 rings (SSSR count). The van der Waals surface area contributed by atoms with Gasteiger partial charge in [-0.05, 0) is 18.1 Å². The minimum absolute atomic E-state index is 0.0151. The Balaban J connectivity index is 2.57. The normalized spacial score (nSPS) is 18.5. The van der Waals surface area contributed by atoms with Crippen molar-refractivity contribution in [3.63, 3.8) is 0 Å². The number of fused-ring (bicyclic) bond motifs is 1. The van der Waals surface area contributed by atoms with E-state index in [1.54, 1.807) is 18.7 Å². The molecule has 1 aliphatic rings. The van der Waals surface area contributed by atoms with Crippen molar-refractivity contribution in [3.8, 4) is 0 Å². The molecule has 4 heteroatoms. The second-order valence-electron chi connectivity index (χ2n) is 5.32. The summed E-state index contributed by atoms with van der Waals surface area (Å²) in [6.45, 7) is 7.86. The number of amides is 2. The molecule has 0 saturated carbocycles. The number of benzene rings is 1. The van der Waals surface area contributed by atoms with Crippen LogP contribution in [0.3, 0.4) is 0 Å². The molecule has 1 atom stereocenters. The van der Waals surface area contributed by atoms with Crippen molar-refractivity contribution in [2.75, 3.05) is 16.3 Å². The Morgan fingerprint density at radius 3 is 2.16 bits per heavy atom. The zero-order valence-corrected chi connectivity index (χ0v) is 11.9. The van der Waals surface area contributed by atoms with E-state index in [0.717, 1.165) is 11.4 Å². The fourth-order valence-electron chi connectivity index (χ4n) is 2.65. The molecule has 4 nitrogen and oxygen atoms in total. The molecule has 0 unspecified atom stereocenters. The smallest absolute Gasteiger partial charge is 0.224 e. The van der Waals surface area contributed by atoms with Gasteiger partial charge < -0.3 is 9.80 Å². The van der Waals surface area contributed by atoms with Gasteiger partial charge in [0.25, 0.3) is 0 Å². The summed E-state index contributed by atoms with van der Waals surface area (Å²) >= 11 is 0.